The van der Waals surface area contributed by atoms with E-state index >= 15 is 0 Å². The first kappa shape index (κ1) is 10.7. The Morgan fingerprint density at radius 1 is 1.20 bits per heavy atom. The maximum atomic E-state index is 5.04. The minimum absolute atomic E-state index is 0.876. The maximum absolute atomic E-state index is 5.04. The molecule has 0 aliphatic rings. The minimum Gasteiger partial charge on any atom is -0.385 e. The van der Waals surface area contributed by atoms with E-state index < -0.39 is 0 Å². The van der Waals surface area contributed by atoms with E-state index in [9.17, 15) is 0 Å². The lowest BCUT2D eigenvalue weighted by Crippen LogP contribution is -1.91. The summed E-state index contributed by atoms with van der Waals surface area (Å²) in [5.41, 5.74) is 1.45. The monoisotopic (exact) mass is 220 g/mol. The van der Waals surface area contributed by atoms with Gasteiger partial charge in [0.05, 0.1) is 0 Å². The molecular formula is C13H16OS. The van der Waals surface area contributed by atoms with Gasteiger partial charge in [-0.2, -0.15) is 0 Å². The van der Waals surface area contributed by atoms with Crippen molar-refractivity contribution in [1.82, 2.24) is 0 Å². The van der Waals surface area contributed by atoms with Gasteiger partial charge in [-0.05, 0) is 47.7 Å². The Balaban J connectivity index is 1.96. The molecule has 0 fully saturated rings. The van der Waals surface area contributed by atoms with E-state index in [0.29, 0.717) is 0 Å². The zero-order valence-corrected chi connectivity index (χ0v) is 9.85. The predicted octanol–water partition coefficient (Wildman–Crippen LogP) is 3.87. The fourth-order valence-corrected chi connectivity index (χ4v) is 2.58. The van der Waals surface area contributed by atoms with Crippen LogP contribution in [0.2, 0.25) is 0 Å². The van der Waals surface area contributed by atoms with Crippen LogP contribution in [0.4, 0.5) is 0 Å². The van der Waals surface area contributed by atoms with Crippen molar-refractivity contribution in [3.63, 3.8) is 0 Å². The molecule has 0 aliphatic carbocycles. The number of ether oxygens (including phenoxy) is 1. The summed E-state index contributed by atoms with van der Waals surface area (Å²) >= 11 is 1.82. The van der Waals surface area contributed by atoms with Gasteiger partial charge in [-0.3, -0.25) is 0 Å². The molecule has 1 aromatic carbocycles. The lowest BCUT2D eigenvalue weighted by atomic mass is 10.1. The number of rotatable bonds is 5. The molecule has 1 aromatic heterocycles. The van der Waals surface area contributed by atoms with Crippen molar-refractivity contribution in [2.45, 2.75) is 19.3 Å². The summed E-state index contributed by atoms with van der Waals surface area (Å²) < 4.78 is 6.44. The third kappa shape index (κ3) is 2.80. The number of benzene rings is 1. The Morgan fingerprint density at radius 3 is 3.00 bits per heavy atom. The van der Waals surface area contributed by atoms with Gasteiger partial charge in [-0.15, -0.1) is 11.3 Å². The lowest BCUT2D eigenvalue weighted by Gasteiger charge is -2.01. The van der Waals surface area contributed by atoms with Gasteiger partial charge >= 0.3 is 0 Å². The van der Waals surface area contributed by atoms with Crippen molar-refractivity contribution in [3.05, 3.63) is 35.2 Å². The van der Waals surface area contributed by atoms with Gasteiger partial charge in [-0.25, -0.2) is 0 Å². The molecule has 1 nitrogen and oxygen atoms in total. The molecule has 0 amide bonds. The van der Waals surface area contributed by atoms with E-state index in [1.54, 1.807) is 7.11 Å². The molecule has 0 bridgehead atoms. The summed E-state index contributed by atoms with van der Waals surface area (Å²) in [4.78, 5) is 0. The number of methoxy groups -OCH3 is 1. The summed E-state index contributed by atoms with van der Waals surface area (Å²) in [6.07, 6.45) is 3.53. The highest BCUT2D eigenvalue weighted by atomic mass is 32.1. The van der Waals surface area contributed by atoms with E-state index in [2.05, 4.69) is 29.6 Å². The SMILES string of the molecule is COCCCCc1ccc2ccsc2c1. The van der Waals surface area contributed by atoms with E-state index in [1.165, 1.54) is 22.1 Å². The third-order valence-corrected chi connectivity index (χ3v) is 3.46. The van der Waals surface area contributed by atoms with Gasteiger partial charge in [0.25, 0.3) is 0 Å². The molecule has 2 rings (SSSR count). The third-order valence-electron chi connectivity index (χ3n) is 2.58. The highest BCUT2D eigenvalue weighted by Gasteiger charge is 1.97. The number of thiophene rings is 1. The fourth-order valence-electron chi connectivity index (χ4n) is 1.73. The second kappa shape index (κ2) is 5.29. The second-order valence-electron chi connectivity index (χ2n) is 3.74. The second-order valence-corrected chi connectivity index (χ2v) is 4.69. The quantitative estimate of drug-likeness (QED) is 0.695. The largest absolute Gasteiger partial charge is 0.385 e. The fraction of sp³-hybridized carbons (Fsp3) is 0.385. The smallest absolute Gasteiger partial charge is 0.0462 e. The average molecular weight is 220 g/mol. The average Bonchev–Trinajstić information content (AvgIpc) is 2.71. The summed E-state index contributed by atoms with van der Waals surface area (Å²) in [6, 6.07) is 8.95. The number of aryl methyl sites for hydroxylation is 1. The summed E-state index contributed by atoms with van der Waals surface area (Å²) in [7, 11) is 1.76. The molecule has 2 heteroatoms. The maximum Gasteiger partial charge on any atom is 0.0462 e. The van der Waals surface area contributed by atoms with E-state index in [4.69, 9.17) is 4.74 Å². The standard InChI is InChI=1S/C13H16OS/c1-14-8-3-2-4-11-5-6-12-7-9-15-13(12)10-11/h5-7,9-10H,2-4,8H2,1H3. The first-order valence-corrected chi connectivity index (χ1v) is 6.23. The molecule has 0 atom stereocenters. The molecule has 0 unspecified atom stereocenters. The Labute approximate surface area is 94.7 Å². The predicted molar refractivity (Wildman–Crippen MR) is 66.6 cm³/mol. The van der Waals surface area contributed by atoms with Crippen LogP contribution < -0.4 is 0 Å². The van der Waals surface area contributed by atoms with Crippen molar-refractivity contribution >= 4 is 21.4 Å². The molecule has 0 N–H and O–H groups in total. The summed E-state index contributed by atoms with van der Waals surface area (Å²) in [5.74, 6) is 0. The zero-order chi connectivity index (χ0) is 10.5. The van der Waals surface area contributed by atoms with E-state index in [0.717, 1.165) is 19.4 Å². The molecule has 0 saturated heterocycles. The molecular weight excluding hydrogens is 204 g/mol. The van der Waals surface area contributed by atoms with Gasteiger partial charge in [0.1, 0.15) is 0 Å². The molecule has 0 spiro atoms. The zero-order valence-electron chi connectivity index (χ0n) is 9.03. The molecule has 15 heavy (non-hydrogen) atoms. The topological polar surface area (TPSA) is 9.23 Å². The molecule has 0 radical (unpaired) electrons. The van der Waals surface area contributed by atoms with Crippen LogP contribution in [0.15, 0.2) is 29.6 Å². The van der Waals surface area contributed by atoms with Crippen LogP contribution in [0.3, 0.4) is 0 Å². The van der Waals surface area contributed by atoms with Crippen LogP contribution in [0.1, 0.15) is 18.4 Å². The van der Waals surface area contributed by atoms with Gasteiger partial charge < -0.3 is 4.74 Å². The first-order valence-electron chi connectivity index (χ1n) is 5.35. The van der Waals surface area contributed by atoms with Crippen molar-refractivity contribution < 1.29 is 4.74 Å². The summed E-state index contributed by atoms with van der Waals surface area (Å²) in [6.45, 7) is 0.876. The lowest BCUT2D eigenvalue weighted by molar-refractivity contribution is 0.193. The number of fused-ring (bicyclic) bond motifs is 1. The Morgan fingerprint density at radius 2 is 2.13 bits per heavy atom. The van der Waals surface area contributed by atoms with Crippen LogP contribution in [0, 0.1) is 0 Å². The van der Waals surface area contributed by atoms with Crippen LogP contribution in [-0.2, 0) is 11.2 Å². The van der Waals surface area contributed by atoms with Crippen molar-refractivity contribution in [1.29, 1.82) is 0 Å². The highest BCUT2D eigenvalue weighted by Crippen LogP contribution is 2.22. The van der Waals surface area contributed by atoms with Crippen LogP contribution in [0.5, 0.6) is 0 Å². The molecule has 80 valence electrons. The van der Waals surface area contributed by atoms with Gasteiger partial charge in [0.2, 0.25) is 0 Å². The number of unbranched alkanes of at least 4 members (excludes halogenated alkanes) is 1. The van der Waals surface area contributed by atoms with Crippen molar-refractivity contribution in [2.24, 2.45) is 0 Å². The van der Waals surface area contributed by atoms with Crippen LogP contribution in [0.25, 0.3) is 10.1 Å². The first-order chi connectivity index (χ1) is 7.40. The Bertz CT molecular complexity index is 419. The number of hydrogen-bond acceptors (Lipinski definition) is 2. The minimum atomic E-state index is 0.876. The van der Waals surface area contributed by atoms with Crippen LogP contribution >= 0.6 is 11.3 Å². The Kier molecular flexibility index (Phi) is 3.75. The van der Waals surface area contributed by atoms with Crippen molar-refractivity contribution in [2.75, 3.05) is 13.7 Å². The highest BCUT2D eigenvalue weighted by molar-refractivity contribution is 7.17. The van der Waals surface area contributed by atoms with Gasteiger partial charge in [-0.1, -0.05) is 12.1 Å². The van der Waals surface area contributed by atoms with Crippen molar-refractivity contribution in [3.8, 4) is 0 Å². The molecule has 2 aromatic rings. The molecule has 0 aliphatic heterocycles. The van der Waals surface area contributed by atoms with Gasteiger partial charge in [0.15, 0.2) is 0 Å². The number of hydrogen-bond donors (Lipinski definition) is 0. The van der Waals surface area contributed by atoms with E-state index in [-0.39, 0.29) is 0 Å². The molecule has 1 heterocycles. The van der Waals surface area contributed by atoms with Gasteiger partial charge in [0, 0.05) is 18.4 Å². The summed E-state index contributed by atoms with van der Waals surface area (Å²) in [5, 5.41) is 3.51. The van der Waals surface area contributed by atoms with E-state index in [1.807, 2.05) is 11.3 Å². The Hall–Kier alpha value is -0.860. The molecule has 0 saturated carbocycles. The van der Waals surface area contributed by atoms with Crippen LogP contribution in [-0.4, -0.2) is 13.7 Å². The normalized spacial score (nSPS) is 11.0.